The van der Waals surface area contributed by atoms with E-state index >= 15 is 0 Å². The molecule has 1 N–H and O–H groups in total. The van der Waals surface area contributed by atoms with Crippen molar-refractivity contribution in [3.05, 3.63) is 0 Å². The Morgan fingerprint density at radius 3 is 1.71 bits per heavy atom. The molecule has 1 atom stereocenters. The molecule has 7 heteroatoms. The second-order valence-corrected chi connectivity index (χ2v) is 4.71. The third kappa shape index (κ3) is 7.46. The standard InChI is InChI=1S/C10H17F6N/c1-4-8(2,3)7(5-9(11,12)13)17-6-10(14,15)16/h7,17H,4-6H2,1-3H3. The van der Waals surface area contributed by atoms with Crippen LogP contribution in [-0.4, -0.2) is 24.9 Å². The Morgan fingerprint density at radius 2 is 1.41 bits per heavy atom. The van der Waals surface area contributed by atoms with Crippen LogP contribution in [0.3, 0.4) is 0 Å². The molecule has 0 heterocycles. The van der Waals surface area contributed by atoms with E-state index in [9.17, 15) is 26.3 Å². The van der Waals surface area contributed by atoms with E-state index in [0.29, 0.717) is 6.42 Å². The monoisotopic (exact) mass is 265 g/mol. The molecule has 0 radical (unpaired) electrons. The highest BCUT2D eigenvalue weighted by atomic mass is 19.4. The molecule has 0 bridgehead atoms. The minimum absolute atomic E-state index is 0.360. The molecule has 0 fully saturated rings. The van der Waals surface area contributed by atoms with Crippen molar-refractivity contribution in [1.29, 1.82) is 0 Å². The molecular formula is C10H17F6N. The van der Waals surface area contributed by atoms with Gasteiger partial charge in [0.2, 0.25) is 0 Å². The molecule has 1 unspecified atom stereocenters. The van der Waals surface area contributed by atoms with Gasteiger partial charge in [0, 0.05) is 6.04 Å². The van der Waals surface area contributed by atoms with Gasteiger partial charge in [0.05, 0.1) is 13.0 Å². The van der Waals surface area contributed by atoms with Crippen molar-refractivity contribution in [2.75, 3.05) is 6.54 Å². The molecule has 0 aromatic heterocycles. The first-order valence-electron chi connectivity index (χ1n) is 5.24. The van der Waals surface area contributed by atoms with Crippen molar-refractivity contribution in [3.8, 4) is 0 Å². The zero-order chi connectivity index (χ0) is 13.9. The summed E-state index contributed by atoms with van der Waals surface area (Å²) in [5, 5.41) is 1.96. The molecule has 0 aliphatic carbocycles. The lowest BCUT2D eigenvalue weighted by Gasteiger charge is -2.35. The van der Waals surface area contributed by atoms with Crippen LogP contribution < -0.4 is 5.32 Å². The minimum atomic E-state index is -4.51. The van der Waals surface area contributed by atoms with Crippen molar-refractivity contribution >= 4 is 0 Å². The molecule has 0 amide bonds. The van der Waals surface area contributed by atoms with Crippen LogP contribution in [-0.2, 0) is 0 Å². The van der Waals surface area contributed by atoms with Crippen molar-refractivity contribution < 1.29 is 26.3 Å². The number of nitrogens with one attached hydrogen (secondary N) is 1. The van der Waals surface area contributed by atoms with E-state index in [1.165, 1.54) is 13.8 Å². The van der Waals surface area contributed by atoms with Gasteiger partial charge in [-0.2, -0.15) is 26.3 Å². The molecule has 0 saturated heterocycles. The summed E-state index contributed by atoms with van der Waals surface area (Å²) in [6.45, 7) is 3.29. The summed E-state index contributed by atoms with van der Waals surface area (Å²) in [4.78, 5) is 0. The summed E-state index contributed by atoms with van der Waals surface area (Å²) in [7, 11) is 0. The Kier molecular flexibility index (Phi) is 5.31. The zero-order valence-corrected chi connectivity index (χ0v) is 9.97. The lowest BCUT2D eigenvalue weighted by Crippen LogP contribution is -2.47. The number of halogens is 6. The highest BCUT2D eigenvalue weighted by molar-refractivity contribution is 4.85. The maximum absolute atomic E-state index is 12.3. The number of hydrogen-bond acceptors (Lipinski definition) is 1. The Bertz CT molecular complexity index is 230. The molecular weight excluding hydrogens is 248 g/mol. The van der Waals surface area contributed by atoms with Crippen molar-refractivity contribution in [2.24, 2.45) is 5.41 Å². The molecule has 104 valence electrons. The van der Waals surface area contributed by atoms with Gasteiger partial charge in [0.15, 0.2) is 0 Å². The number of alkyl halides is 6. The summed E-state index contributed by atoms with van der Waals surface area (Å²) in [5.74, 6) is 0. The first-order valence-corrected chi connectivity index (χ1v) is 5.24. The minimum Gasteiger partial charge on any atom is -0.305 e. The quantitative estimate of drug-likeness (QED) is 0.743. The van der Waals surface area contributed by atoms with E-state index in [2.05, 4.69) is 0 Å². The van der Waals surface area contributed by atoms with Gasteiger partial charge in [-0.3, -0.25) is 0 Å². The first kappa shape index (κ1) is 16.5. The van der Waals surface area contributed by atoms with Gasteiger partial charge in [-0.1, -0.05) is 20.8 Å². The summed E-state index contributed by atoms with van der Waals surface area (Å²) < 4.78 is 72.8. The molecule has 0 aliphatic heterocycles. The molecule has 0 saturated carbocycles. The zero-order valence-electron chi connectivity index (χ0n) is 9.97. The van der Waals surface area contributed by atoms with Crippen LogP contribution in [0.1, 0.15) is 33.6 Å². The van der Waals surface area contributed by atoms with Crippen LogP contribution in [0, 0.1) is 5.41 Å². The normalized spacial score (nSPS) is 16.1. The highest BCUT2D eigenvalue weighted by Gasteiger charge is 2.40. The predicted molar refractivity (Wildman–Crippen MR) is 52.6 cm³/mol. The Labute approximate surface area is 96.6 Å². The van der Waals surface area contributed by atoms with Gasteiger partial charge in [-0.15, -0.1) is 0 Å². The first-order chi connectivity index (χ1) is 7.37. The van der Waals surface area contributed by atoms with Gasteiger partial charge < -0.3 is 5.32 Å². The van der Waals surface area contributed by atoms with Gasteiger partial charge in [-0.25, -0.2) is 0 Å². The fraction of sp³-hybridized carbons (Fsp3) is 1.00. The molecule has 17 heavy (non-hydrogen) atoms. The maximum Gasteiger partial charge on any atom is 0.401 e. The SMILES string of the molecule is CCC(C)(C)C(CC(F)(F)F)NCC(F)(F)F. The average molecular weight is 265 g/mol. The fourth-order valence-electron chi connectivity index (χ4n) is 1.34. The van der Waals surface area contributed by atoms with E-state index in [1.807, 2.05) is 5.32 Å². The van der Waals surface area contributed by atoms with Gasteiger partial charge in [-0.05, 0) is 11.8 Å². The van der Waals surface area contributed by atoms with Crippen LogP contribution in [0.4, 0.5) is 26.3 Å². The number of rotatable bonds is 5. The van der Waals surface area contributed by atoms with Gasteiger partial charge in [0.1, 0.15) is 0 Å². The second-order valence-electron chi connectivity index (χ2n) is 4.71. The molecule has 0 aliphatic rings. The van der Waals surface area contributed by atoms with Gasteiger partial charge in [0.25, 0.3) is 0 Å². The second kappa shape index (κ2) is 5.46. The van der Waals surface area contributed by atoms with Crippen molar-refractivity contribution in [3.63, 3.8) is 0 Å². The van der Waals surface area contributed by atoms with Crippen LogP contribution >= 0.6 is 0 Å². The van der Waals surface area contributed by atoms with E-state index in [1.54, 1.807) is 6.92 Å². The molecule has 0 rings (SSSR count). The smallest absolute Gasteiger partial charge is 0.305 e. The third-order valence-electron chi connectivity index (χ3n) is 2.84. The van der Waals surface area contributed by atoms with Crippen LogP contribution in [0.25, 0.3) is 0 Å². The van der Waals surface area contributed by atoms with E-state index < -0.39 is 36.8 Å². The van der Waals surface area contributed by atoms with Crippen LogP contribution in [0.5, 0.6) is 0 Å². The van der Waals surface area contributed by atoms with Crippen molar-refractivity contribution in [2.45, 2.75) is 52.0 Å². The van der Waals surface area contributed by atoms with E-state index in [4.69, 9.17) is 0 Å². The summed E-state index contributed by atoms with van der Waals surface area (Å²) >= 11 is 0. The lowest BCUT2D eigenvalue weighted by atomic mass is 9.80. The highest BCUT2D eigenvalue weighted by Crippen LogP contribution is 2.33. The average Bonchev–Trinajstić information content (AvgIpc) is 2.08. The third-order valence-corrected chi connectivity index (χ3v) is 2.84. The largest absolute Gasteiger partial charge is 0.401 e. The molecule has 0 aromatic carbocycles. The van der Waals surface area contributed by atoms with Gasteiger partial charge >= 0.3 is 12.4 Å². The summed E-state index contributed by atoms with van der Waals surface area (Å²) in [6.07, 6.45) is -9.88. The number of hydrogen-bond donors (Lipinski definition) is 1. The van der Waals surface area contributed by atoms with Crippen molar-refractivity contribution in [1.82, 2.24) is 5.32 Å². The fourth-order valence-corrected chi connectivity index (χ4v) is 1.34. The topological polar surface area (TPSA) is 12.0 Å². The lowest BCUT2D eigenvalue weighted by molar-refractivity contribution is -0.155. The Morgan fingerprint density at radius 1 is 0.941 bits per heavy atom. The maximum atomic E-state index is 12.3. The molecule has 1 nitrogen and oxygen atoms in total. The summed E-state index contributed by atoms with van der Waals surface area (Å²) in [5.41, 5.74) is -0.846. The summed E-state index contributed by atoms with van der Waals surface area (Å²) in [6, 6.07) is -1.24. The van der Waals surface area contributed by atoms with Crippen LogP contribution in [0.2, 0.25) is 0 Å². The Hall–Kier alpha value is -0.460. The van der Waals surface area contributed by atoms with E-state index in [0.717, 1.165) is 0 Å². The Balaban J connectivity index is 4.64. The predicted octanol–water partition coefficient (Wildman–Crippen LogP) is 3.90. The molecule has 0 aromatic rings. The molecule has 0 spiro atoms. The van der Waals surface area contributed by atoms with Crippen LogP contribution in [0.15, 0.2) is 0 Å². The van der Waals surface area contributed by atoms with E-state index in [-0.39, 0.29) is 0 Å².